The zero-order valence-electron chi connectivity index (χ0n) is 10.4. The Kier molecular flexibility index (Phi) is 3.60. The van der Waals surface area contributed by atoms with Gasteiger partial charge in [0.1, 0.15) is 18.1 Å². The van der Waals surface area contributed by atoms with E-state index in [2.05, 4.69) is 4.98 Å². The van der Waals surface area contributed by atoms with E-state index in [0.29, 0.717) is 30.0 Å². The smallest absolute Gasteiger partial charge is 0.313 e. The van der Waals surface area contributed by atoms with Crippen LogP contribution in [-0.4, -0.2) is 22.1 Å². The van der Waals surface area contributed by atoms with Crippen LogP contribution in [0.15, 0.2) is 18.2 Å². The van der Waals surface area contributed by atoms with Crippen LogP contribution in [0.25, 0.3) is 11.0 Å². The molecule has 4 nitrogen and oxygen atoms in total. The molecule has 0 aliphatic heterocycles. The largest absolute Gasteiger partial charge is 0.466 e. The van der Waals surface area contributed by atoms with Crippen LogP contribution in [0.4, 0.5) is 4.39 Å². The summed E-state index contributed by atoms with van der Waals surface area (Å²) >= 11 is 0. The molecule has 0 aliphatic carbocycles. The SMILES string of the molecule is CCOC(=O)Cc1nc2ccc(F)cc2n1CC. The minimum Gasteiger partial charge on any atom is -0.466 e. The number of fused-ring (bicyclic) bond motifs is 1. The van der Waals surface area contributed by atoms with Gasteiger partial charge in [-0.2, -0.15) is 0 Å². The molecule has 1 aromatic carbocycles. The van der Waals surface area contributed by atoms with Crippen LogP contribution in [0.1, 0.15) is 19.7 Å². The fourth-order valence-corrected chi connectivity index (χ4v) is 1.97. The van der Waals surface area contributed by atoms with E-state index in [1.165, 1.54) is 12.1 Å². The molecule has 0 N–H and O–H groups in total. The monoisotopic (exact) mass is 250 g/mol. The number of carbonyl (C=O) groups is 1. The first-order valence-electron chi connectivity index (χ1n) is 5.96. The van der Waals surface area contributed by atoms with Crippen molar-refractivity contribution in [2.45, 2.75) is 26.8 Å². The molecule has 96 valence electrons. The molecule has 5 heteroatoms. The summed E-state index contributed by atoms with van der Waals surface area (Å²) in [4.78, 5) is 15.8. The van der Waals surface area contributed by atoms with Crippen LogP contribution < -0.4 is 0 Å². The van der Waals surface area contributed by atoms with Gasteiger partial charge in [-0.15, -0.1) is 0 Å². The summed E-state index contributed by atoms with van der Waals surface area (Å²) in [5.41, 5.74) is 1.40. The maximum absolute atomic E-state index is 13.2. The highest BCUT2D eigenvalue weighted by atomic mass is 19.1. The quantitative estimate of drug-likeness (QED) is 0.782. The van der Waals surface area contributed by atoms with Gasteiger partial charge >= 0.3 is 5.97 Å². The number of imidazole rings is 1. The molecule has 18 heavy (non-hydrogen) atoms. The maximum atomic E-state index is 13.2. The Hall–Kier alpha value is -1.91. The zero-order chi connectivity index (χ0) is 13.1. The number of esters is 1. The molecule has 1 aromatic heterocycles. The van der Waals surface area contributed by atoms with Gasteiger partial charge in [0.2, 0.25) is 0 Å². The lowest BCUT2D eigenvalue weighted by Crippen LogP contribution is -2.12. The summed E-state index contributed by atoms with van der Waals surface area (Å²) in [7, 11) is 0. The molecule has 0 aliphatic rings. The highest BCUT2D eigenvalue weighted by molar-refractivity contribution is 5.78. The zero-order valence-corrected chi connectivity index (χ0v) is 10.4. The van der Waals surface area contributed by atoms with Crippen molar-refractivity contribution in [3.63, 3.8) is 0 Å². The number of rotatable bonds is 4. The third kappa shape index (κ3) is 2.34. The van der Waals surface area contributed by atoms with E-state index in [-0.39, 0.29) is 18.2 Å². The Morgan fingerprint density at radius 2 is 2.22 bits per heavy atom. The summed E-state index contributed by atoms with van der Waals surface area (Å²) in [6.45, 7) is 4.67. The third-order valence-corrected chi connectivity index (χ3v) is 2.71. The molecule has 0 amide bonds. The molecule has 0 fully saturated rings. The lowest BCUT2D eigenvalue weighted by molar-refractivity contribution is -0.142. The molecule has 0 bridgehead atoms. The average molecular weight is 250 g/mol. The third-order valence-electron chi connectivity index (χ3n) is 2.71. The second-order valence-corrected chi connectivity index (χ2v) is 3.89. The molecule has 0 saturated carbocycles. The van der Waals surface area contributed by atoms with Crippen molar-refractivity contribution in [2.75, 3.05) is 6.61 Å². The lowest BCUT2D eigenvalue weighted by Gasteiger charge is -2.05. The average Bonchev–Trinajstić information content (AvgIpc) is 2.65. The lowest BCUT2D eigenvalue weighted by atomic mass is 10.3. The normalized spacial score (nSPS) is 10.8. The van der Waals surface area contributed by atoms with E-state index in [0.717, 1.165) is 0 Å². The van der Waals surface area contributed by atoms with Crippen molar-refractivity contribution in [2.24, 2.45) is 0 Å². The van der Waals surface area contributed by atoms with E-state index in [1.54, 1.807) is 13.0 Å². The van der Waals surface area contributed by atoms with Gasteiger partial charge in [-0.1, -0.05) is 0 Å². The van der Waals surface area contributed by atoms with Crippen molar-refractivity contribution in [1.29, 1.82) is 0 Å². The Morgan fingerprint density at radius 1 is 1.44 bits per heavy atom. The van der Waals surface area contributed by atoms with Crippen LogP contribution >= 0.6 is 0 Å². The second-order valence-electron chi connectivity index (χ2n) is 3.89. The number of carbonyl (C=O) groups excluding carboxylic acids is 1. The van der Waals surface area contributed by atoms with Gasteiger partial charge in [-0.05, 0) is 32.0 Å². The summed E-state index contributed by atoms with van der Waals surface area (Å²) in [6.07, 6.45) is 0.109. The highest BCUT2D eigenvalue weighted by Gasteiger charge is 2.14. The van der Waals surface area contributed by atoms with E-state index in [1.807, 2.05) is 11.5 Å². The van der Waals surface area contributed by atoms with Gasteiger partial charge < -0.3 is 9.30 Å². The summed E-state index contributed by atoms with van der Waals surface area (Å²) < 4.78 is 19.9. The minimum atomic E-state index is -0.317. The van der Waals surface area contributed by atoms with Crippen molar-refractivity contribution >= 4 is 17.0 Å². The van der Waals surface area contributed by atoms with Crippen LogP contribution in [0.3, 0.4) is 0 Å². The number of ether oxygens (including phenoxy) is 1. The molecule has 1 heterocycles. The van der Waals surface area contributed by atoms with E-state index >= 15 is 0 Å². The first kappa shape index (κ1) is 12.5. The fraction of sp³-hybridized carbons (Fsp3) is 0.385. The van der Waals surface area contributed by atoms with Gasteiger partial charge in [-0.25, -0.2) is 9.37 Å². The van der Waals surface area contributed by atoms with Gasteiger partial charge in [0.15, 0.2) is 0 Å². The molecular weight excluding hydrogens is 235 g/mol. The number of hydrogen-bond donors (Lipinski definition) is 0. The van der Waals surface area contributed by atoms with Crippen LogP contribution in [0.5, 0.6) is 0 Å². The maximum Gasteiger partial charge on any atom is 0.313 e. The molecule has 0 atom stereocenters. The van der Waals surface area contributed by atoms with Crippen LogP contribution in [-0.2, 0) is 22.5 Å². The summed E-state index contributed by atoms with van der Waals surface area (Å²) in [5.74, 6) is -0.0145. The van der Waals surface area contributed by atoms with Crippen molar-refractivity contribution in [3.8, 4) is 0 Å². The van der Waals surface area contributed by atoms with E-state index < -0.39 is 0 Å². The molecule has 0 radical (unpaired) electrons. The number of aromatic nitrogens is 2. The van der Waals surface area contributed by atoms with Crippen LogP contribution in [0, 0.1) is 5.82 Å². The van der Waals surface area contributed by atoms with Gasteiger partial charge in [-0.3, -0.25) is 4.79 Å². The van der Waals surface area contributed by atoms with Gasteiger partial charge in [0.05, 0.1) is 17.6 Å². The van der Waals surface area contributed by atoms with Crippen LogP contribution in [0.2, 0.25) is 0 Å². The Balaban J connectivity index is 2.41. The van der Waals surface area contributed by atoms with E-state index in [9.17, 15) is 9.18 Å². The van der Waals surface area contributed by atoms with Crippen molar-refractivity contribution in [1.82, 2.24) is 9.55 Å². The predicted octanol–water partition coefficient (Wildman–Crippen LogP) is 2.30. The first-order valence-corrected chi connectivity index (χ1v) is 5.96. The molecule has 0 saturated heterocycles. The van der Waals surface area contributed by atoms with E-state index in [4.69, 9.17) is 4.74 Å². The number of benzene rings is 1. The predicted molar refractivity (Wildman–Crippen MR) is 65.7 cm³/mol. The number of hydrogen-bond acceptors (Lipinski definition) is 3. The standard InChI is InChI=1S/C13H15FN2O2/c1-3-16-11-7-9(14)5-6-10(11)15-12(16)8-13(17)18-4-2/h5-7H,3-4,8H2,1-2H3. The van der Waals surface area contributed by atoms with Gasteiger partial charge in [0, 0.05) is 6.54 Å². The van der Waals surface area contributed by atoms with Gasteiger partial charge in [0.25, 0.3) is 0 Å². The van der Waals surface area contributed by atoms with Crippen molar-refractivity contribution in [3.05, 3.63) is 29.8 Å². The van der Waals surface area contributed by atoms with Crippen molar-refractivity contribution < 1.29 is 13.9 Å². The highest BCUT2D eigenvalue weighted by Crippen LogP contribution is 2.18. The molecular formula is C13H15FN2O2. The Bertz CT molecular complexity index is 578. The minimum absolute atomic E-state index is 0.109. The fourth-order valence-electron chi connectivity index (χ4n) is 1.97. The second kappa shape index (κ2) is 5.16. The molecule has 0 unspecified atom stereocenters. The summed E-state index contributed by atoms with van der Waals surface area (Å²) in [6, 6.07) is 4.41. The Morgan fingerprint density at radius 3 is 2.89 bits per heavy atom. The number of aryl methyl sites for hydroxylation is 1. The molecule has 2 rings (SSSR count). The number of halogens is 1. The topological polar surface area (TPSA) is 44.1 Å². The number of nitrogens with zero attached hydrogens (tertiary/aromatic N) is 2. The molecule has 2 aromatic rings. The molecule has 0 spiro atoms. The first-order chi connectivity index (χ1) is 8.65. The Labute approximate surface area is 104 Å². The summed E-state index contributed by atoms with van der Waals surface area (Å²) in [5, 5.41) is 0.